The highest BCUT2D eigenvalue weighted by molar-refractivity contribution is 6.30. The zero-order valence-electron chi connectivity index (χ0n) is 12.6. The van der Waals surface area contributed by atoms with Crippen LogP contribution in [0.4, 0.5) is 0 Å². The van der Waals surface area contributed by atoms with Crippen LogP contribution in [0.15, 0.2) is 54.6 Å². The molecule has 0 heterocycles. The minimum atomic E-state index is -0.383. The van der Waals surface area contributed by atoms with E-state index in [0.29, 0.717) is 17.1 Å². The summed E-state index contributed by atoms with van der Waals surface area (Å²) in [6, 6.07) is 14.1. The molecule has 118 valence electrons. The van der Waals surface area contributed by atoms with Crippen molar-refractivity contribution in [2.75, 3.05) is 7.11 Å². The standard InChI is InChI=1S/C18H16ClNO3/c1-23-18(22)15-7-2-14(3-8-15)12-20-17(21)11-6-13-4-9-16(19)10-5-13/h2-11H,12H2,1H3,(H,20,21)/b11-6+. The van der Waals surface area contributed by atoms with E-state index in [4.69, 9.17) is 11.6 Å². The lowest BCUT2D eigenvalue weighted by atomic mass is 10.1. The highest BCUT2D eigenvalue weighted by Gasteiger charge is 2.04. The maximum Gasteiger partial charge on any atom is 0.337 e. The van der Waals surface area contributed by atoms with E-state index in [-0.39, 0.29) is 11.9 Å². The number of nitrogens with one attached hydrogen (secondary N) is 1. The molecule has 1 amide bonds. The Balaban J connectivity index is 1.86. The van der Waals surface area contributed by atoms with Crippen molar-refractivity contribution in [2.24, 2.45) is 0 Å². The van der Waals surface area contributed by atoms with Crippen molar-refractivity contribution < 1.29 is 14.3 Å². The van der Waals surface area contributed by atoms with Gasteiger partial charge in [0.15, 0.2) is 0 Å². The lowest BCUT2D eigenvalue weighted by Crippen LogP contribution is -2.20. The number of methoxy groups -OCH3 is 1. The van der Waals surface area contributed by atoms with E-state index in [2.05, 4.69) is 10.1 Å². The van der Waals surface area contributed by atoms with Gasteiger partial charge in [-0.3, -0.25) is 4.79 Å². The summed E-state index contributed by atoms with van der Waals surface area (Å²) in [7, 11) is 1.34. The van der Waals surface area contributed by atoms with Crippen LogP contribution < -0.4 is 5.32 Å². The van der Waals surface area contributed by atoms with E-state index >= 15 is 0 Å². The number of carbonyl (C=O) groups is 2. The number of ether oxygens (including phenoxy) is 1. The smallest absolute Gasteiger partial charge is 0.337 e. The van der Waals surface area contributed by atoms with Crippen molar-refractivity contribution in [3.05, 3.63) is 76.3 Å². The molecule has 0 atom stereocenters. The second-order valence-electron chi connectivity index (χ2n) is 4.79. The van der Waals surface area contributed by atoms with Crippen molar-refractivity contribution >= 4 is 29.6 Å². The van der Waals surface area contributed by atoms with Gasteiger partial charge in [0, 0.05) is 17.6 Å². The van der Waals surface area contributed by atoms with Gasteiger partial charge in [0.2, 0.25) is 5.91 Å². The van der Waals surface area contributed by atoms with Crippen LogP contribution in [-0.4, -0.2) is 19.0 Å². The maximum atomic E-state index is 11.8. The monoisotopic (exact) mass is 329 g/mol. The molecule has 0 aliphatic heterocycles. The number of carbonyl (C=O) groups excluding carboxylic acids is 2. The molecule has 0 saturated carbocycles. The Labute approximate surface area is 139 Å². The van der Waals surface area contributed by atoms with Crippen LogP contribution in [0, 0.1) is 0 Å². The van der Waals surface area contributed by atoms with Gasteiger partial charge >= 0.3 is 5.97 Å². The Bertz CT molecular complexity index is 706. The fourth-order valence-electron chi connectivity index (χ4n) is 1.87. The molecule has 1 N–H and O–H groups in total. The Kier molecular flexibility index (Phi) is 5.94. The SMILES string of the molecule is COC(=O)c1ccc(CNC(=O)/C=C/c2ccc(Cl)cc2)cc1. The summed E-state index contributed by atoms with van der Waals surface area (Å²) in [5.74, 6) is -0.580. The second-order valence-corrected chi connectivity index (χ2v) is 5.23. The molecule has 0 aromatic heterocycles. The van der Waals surface area contributed by atoms with E-state index < -0.39 is 0 Å². The second kappa shape index (κ2) is 8.15. The molecule has 0 saturated heterocycles. The summed E-state index contributed by atoms with van der Waals surface area (Å²) < 4.78 is 4.63. The summed E-state index contributed by atoms with van der Waals surface area (Å²) in [4.78, 5) is 23.1. The number of halogens is 1. The lowest BCUT2D eigenvalue weighted by Gasteiger charge is -2.04. The molecule has 23 heavy (non-hydrogen) atoms. The number of rotatable bonds is 5. The van der Waals surface area contributed by atoms with Gasteiger partial charge in [-0.25, -0.2) is 4.79 Å². The van der Waals surface area contributed by atoms with Gasteiger partial charge in [0.05, 0.1) is 12.7 Å². The molecule has 4 nitrogen and oxygen atoms in total. The zero-order chi connectivity index (χ0) is 16.7. The third-order valence-electron chi connectivity index (χ3n) is 3.14. The Morgan fingerprint density at radius 1 is 1.09 bits per heavy atom. The van der Waals surface area contributed by atoms with Gasteiger partial charge in [0.1, 0.15) is 0 Å². The van der Waals surface area contributed by atoms with Gasteiger partial charge in [-0.05, 0) is 41.5 Å². The Morgan fingerprint density at radius 3 is 2.35 bits per heavy atom. The molecule has 0 spiro atoms. The number of benzene rings is 2. The van der Waals surface area contributed by atoms with Crippen molar-refractivity contribution in [3.63, 3.8) is 0 Å². The summed E-state index contributed by atoms with van der Waals surface area (Å²) in [6.45, 7) is 0.380. The van der Waals surface area contributed by atoms with Crippen molar-refractivity contribution in [1.29, 1.82) is 0 Å². The molecular weight excluding hydrogens is 314 g/mol. The molecule has 0 aliphatic rings. The maximum absolute atomic E-state index is 11.8. The zero-order valence-corrected chi connectivity index (χ0v) is 13.3. The minimum absolute atomic E-state index is 0.197. The van der Waals surface area contributed by atoms with E-state index in [0.717, 1.165) is 11.1 Å². The number of esters is 1. The van der Waals surface area contributed by atoms with Gasteiger partial charge in [-0.1, -0.05) is 35.9 Å². The average molecular weight is 330 g/mol. The van der Waals surface area contributed by atoms with E-state index in [1.165, 1.54) is 13.2 Å². The van der Waals surface area contributed by atoms with Crippen LogP contribution in [0.3, 0.4) is 0 Å². The molecule has 5 heteroatoms. The predicted octanol–water partition coefficient (Wildman–Crippen LogP) is 3.46. The topological polar surface area (TPSA) is 55.4 Å². The molecular formula is C18H16ClNO3. The predicted molar refractivity (Wildman–Crippen MR) is 90.1 cm³/mol. The van der Waals surface area contributed by atoms with E-state index in [1.807, 2.05) is 12.1 Å². The van der Waals surface area contributed by atoms with Crippen LogP contribution in [0.5, 0.6) is 0 Å². The van der Waals surface area contributed by atoms with Crippen LogP contribution in [-0.2, 0) is 16.1 Å². The molecule has 0 bridgehead atoms. The third-order valence-corrected chi connectivity index (χ3v) is 3.39. The first-order valence-corrected chi connectivity index (χ1v) is 7.35. The number of amides is 1. The summed E-state index contributed by atoms with van der Waals surface area (Å²) >= 11 is 5.80. The highest BCUT2D eigenvalue weighted by atomic mass is 35.5. The van der Waals surface area contributed by atoms with Gasteiger partial charge in [-0.15, -0.1) is 0 Å². The first kappa shape index (κ1) is 16.8. The van der Waals surface area contributed by atoms with E-state index in [9.17, 15) is 9.59 Å². The molecule has 0 fully saturated rings. The quantitative estimate of drug-likeness (QED) is 0.675. The highest BCUT2D eigenvalue weighted by Crippen LogP contribution is 2.10. The normalized spacial score (nSPS) is 10.5. The molecule has 2 aromatic carbocycles. The van der Waals surface area contributed by atoms with Gasteiger partial charge < -0.3 is 10.1 Å². The van der Waals surface area contributed by atoms with Crippen LogP contribution in [0.25, 0.3) is 6.08 Å². The van der Waals surface area contributed by atoms with Gasteiger partial charge in [0.25, 0.3) is 0 Å². The van der Waals surface area contributed by atoms with E-state index in [1.54, 1.807) is 42.5 Å². The lowest BCUT2D eigenvalue weighted by molar-refractivity contribution is -0.116. The molecule has 2 aromatic rings. The number of hydrogen-bond acceptors (Lipinski definition) is 3. The summed E-state index contributed by atoms with van der Waals surface area (Å²) in [5, 5.41) is 3.43. The van der Waals surface area contributed by atoms with Gasteiger partial charge in [-0.2, -0.15) is 0 Å². The van der Waals surface area contributed by atoms with Crippen LogP contribution >= 0.6 is 11.6 Å². The average Bonchev–Trinajstić information content (AvgIpc) is 2.59. The fourth-order valence-corrected chi connectivity index (χ4v) is 2.00. The van der Waals surface area contributed by atoms with Crippen molar-refractivity contribution in [1.82, 2.24) is 5.32 Å². The molecule has 0 aliphatic carbocycles. The minimum Gasteiger partial charge on any atom is -0.465 e. The molecule has 0 unspecified atom stereocenters. The largest absolute Gasteiger partial charge is 0.465 e. The van der Waals surface area contributed by atoms with Crippen LogP contribution in [0.1, 0.15) is 21.5 Å². The first-order valence-electron chi connectivity index (χ1n) is 6.97. The first-order chi connectivity index (χ1) is 11.1. The Morgan fingerprint density at radius 2 is 1.74 bits per heavy atom. The third kappa shape index (κ3) is 5.27. The van der Waals surface area contributed by atoms with Crippen LogP contribution in [0.2, 0.25) is 5.02 Å². The van der Waals surface area contributed by atoms with Crippen molar-refractivity contribution in [2.45, 2.75) is 6.54 Å². The molecule has 2 rings (SSSR count). The fraction of sp³-hybridized carbons (Fsp3) is 0.111. The Hall–Kier alpha value is -2.59. The number of hydrogen-bond donors (Lipinski definition) is 1. The molecule has 0 radical (unpaired) electrons. The summed E-state index contributed by atoms with van der Waals surface area (Å²) in [6.07, 6.45) is 3.18. The summed E-state index contributed by atoms with van der Waals surface area (Å²) in [5.41, 5.74) is 2.27. The van der Waals surface area contributed by atoms with Crippen molar-refractivity contribution in [3.8, 4) is 0 Å².